The van der Waals surface area contributed by atoms with Crippen LogP contribution in [0.25, 0.3) is 0 Å². The zero-order valence-corrected chi connectivity index (χ0v) is 37.3. The Hall–Kier alpha value is -2.59. The van der Waals surface area contributed by atoms with E-state index in [0.717, 1.165) is 11.3 Å². The quantitative estimate of drug-likeness (QED) is 0.183. The van der Waals surface area contributed by atoms with Gasteiger partial charge in [0.2, 0.25) is 0 Å². The lowest BCUT2D eigenvalue weighted by molar-refractivity contribution is -0.0511. The second kappa shape index (κ2) is 15.3. The fraction of sp³-hybridized carbons (Fsp3) is 0.600. The summed E-state index contributed by atoms with van der Waals surface area (Å²) in [5.74, 6) is 1.38. The minimum absolute atomic E-state index is 0.00791. The molecule has 0 spiro atoms. The van der Waals surface area contributed by atoms with Crippen molar-refractivity contribution in [2.45, 2.75) is 148 Å². The summed E-state index contributed by atoms with van der Waals surface area (Å²) < 4.78 is 35.8. The second-order valence-corrected chi connectivity index (χ2v) is 33.2. The normalized spacial score (nSPS) is 20.7. The van der Waals surface area contributed by atoms with Gasteiger partial charge in [-0.05, 0) is 84.2 Å². The van der Waals surface area contributed by atoms with Crippen molar-refractivity contribution in [1.29, 1.82) is 0 Å². The number of nitrogens with one attached hydrogen (secondary N) is 1. The fourth-order valence-electron chi connectivity index (χ4n) is 5.28. The summed E-state index contributed by atoms with van der Waals surface area (Å²) >= 11 is 0. The molecule has 1 N–H and O–H groups in total. The molecule has 4 rings (SSSR count). The van der Waals surface area contributed by atoms with Gasteiger partial charge in [-0.25, -0.2) is 4.79 Å². The lowest BCUT2D eigenvalue weighted by Crippen LogP contribution is -2.55. The highest BCUT2D eigenvalue weighted by Gasteiger charge is 2.55. The molecule has 52 heavy (non-hydrogen) atoms. The summed E-state index contributed by atoms with van der Waals surface area (Å²) in [6, 6.07) is 17.2. The number of aromatic amines is 1. The molecule has 0 radical (unpaired) electrons. The van der Waals surface area contributed by atoms with Gasteiger partial charge in [-0.2, -0.15) is 0 Å². The molecule has 1 aliphatic heterocycles. The van der Waals surface area contributed by atoms with Crippen LogP contribution in [0.1, 0.15) is 79.7 Å². The fourth-order valence-corrected chi connectivity index (χ4v) is 8.90. The summed E-state index contributed by atoms with van der Waals surface area (Å²) in [6.45, 7) is 33.5. The van der Waals surface area contributed by atoms with Gasteiger partial charge in [-0.3, -0.25) is 14.3 Å². The van der Waals surface area contributed by atoms with Crippen LogP contribution < -0.4 is 16.0 Å². The van der Waals surface area contributed by atoms with Crippen molar-refractivity contribution in [3.8, 4) is 11.5 Å². The Bertz CT molecular complexity index is 1780. The summed E-state index contributed by atoms with van der Waals surface area (Å²) in [6.07, 6.45) is -0.561. The molecule has 1 fully saturated rings. The van der Waals surface area contributed by atoms with E-state index in [1.54, 1.807) is 6.20 Å². The lowest BCUT2D eigenvalue weighted by atomic mass is 10.1. The Balaban J connectivity index is 1.80. The van der Waals surface area contributed by atoms with Crippen LogP contribution in [0.4, 0.5) is 0 Å². The highest BCUT2D eigenvalue weighted by atomic mass is 28.4. The van der Waals surface area contributed by atoms with E-state index in [1.807, 2.05) is 54.6 Å². The molecule has 288 valence electrons. The molecule has 2 aromatic carbocycles. The molecule has 1 aliphatic rings. The first-order valence-electron chi connectivity index (χ1n) is 18.5. The summed E-state index contributed by atoms with van der Waals surface area (Å²) in [7, 11) is -7.01. The van der Waals surface area contributed by atoms with E-state index in [2.05, 4.69) is 107 Å². The van der Waals surface area contributed by atoms with Crippen LogP contribution in [0, 0.1) is 0 Å². The van der Waals surface area contributed by atoms with Gasteiger partial charge in [0, 0.05) is 18.2 Å². The molecule has 2 heterocycles. The maximum atomic E-state index is 13.8. The molecule has 0 bridgehead atoms. The number of hydrogen-bond acceptors (Lipinski definition) is 7. The number of ether oxygens (including phenoxy) is 2. The largest absolute Gasteiger partial charge is 0.457 e. The number of benzene rings is 2. The third kappa shape index (κ3) is 9.74. The number of aromatic nitrogens is 2. The van der Waals surface area contributed by atoms with Crippen LogP contribution in [0.3, 0.4) is 0 Å². The van der Waals surface area contributed by atoms with Gasteiger partial charge in [0.05, 0.1) is 6.61 Å². The van der Waals surface area contributed by atoms with E-state index in [0.29, 0.717) is 17.9 Å². The van der Waals surface area contributed by atoms with Gasteiger partial charge < -0.3 is 22.8 Å². The Morgan fingerprint density at radius 3 is 1.81 bits per heavy atom. The van der Waals surface area contributed by atoms with E-state index in [1.165, 1.54) is 4.57 Å². The second-order valence-electron chi connectivity index (χ2n) is 18.9. The van der Waals surface area contributed by atoms with Crippen LogP contribution in [0.2, 0.25) is 54.4 Å². The minimum Gasteiger partial charge on any atom is -0.457 e. The number of hydrogen-bond donors (Lipinski definition) is 1. The molecule has 4 atom stereocenters. The Morgan fingerprint density at radius 2 is 1.25 bits per heavy atom. The number of para-hydroxylation sites is 1. The van der Waals surface area contributed by atoms with Gasteiger partial charge in [0.15, 0.2) is 31.2 Å². The van der Waals surface area contributed by atoms with Gasteiger partial charge >= 0.3 is 5.69 Å². The number of nitrogens with zero attached hydrogens (tertiary/aromatic N) is 1. The number of H-pyrrole nitrogens is 1. The van der Waals surface area contributed by atoms with Crippen molar-refractivity contribution in [2.24, 2.45) is 0 Å². The molecular formula is C40H64N2O7Si3. The van der Waals surface area contributed by atoms with Crippen molar-refractivity contribution in [3.05, 3.63) is 92.8 Å². The van der Waals surface area contributed by atoms with E-state index in [4.69, 9.17) is 22.8 Å². The molecule has 12 heteroatoms. The highest BCUT2D eigenvalue weighted by molar-refractivity contribution is 6.75. The van der Waals surface area contributed by atoms with E-state index in [9.17, 15) is 9.59 Å². The van der Waals surface area contributed by atoms with Crippen molar-refractivity contribution < 1.29 is 22.8 Å². The standard InChI is InChI=1S/C40H64N2O7Si3/c1-38(2,3)50(10,11)45-27-32-33(48-51(12,13)39(4,5)6)34(49-52(14,15)40(7,8)9)36(47-32)42-26-29(35(43)41-37(42)44)24-28-20-19-23-31(25-28)46-30-21-17-16-18-22-30/h16-23,25-26,32-34,36H,24,27H2,1-15H3,(H,41,43,44)/t32-,33-,34-,36-/m1/s1. The molecule has 1 aromatic heterocycles. The predicted octanol–water partition coefficient (Wildman–Crippen LogP) is 9.62. The Kier molecular flexibility index (Phi) is 12.4. The third-order valence-corrected chi connectivity index (χ3v) is 25.2. The van der Waals surface area contributed by atoms with Crippen molar-refractivity contribution in [2.75, 3.05) is 6.61 Å². The Morgan fingerprint density at radius 1 is 0.712 bits per heavy atom. The average Bonchev–Trinajstić information content (AvgIpc) is 3.31. The summed E-state index contributed by atoms with van der Waals surface area (Å²) in [4.78, 5) is 29.8. The van der Waals surface area contributed by atoms with Crippen molar-refractivity contribution >= 4 is 25.0 Å². The predicted molar refractivity (Wildman–Crippen MR) is 218 cm³/mol. The maximum Gasteiger partial charge on any atom is 0.330 e. The maximum absolute atomic E-state index is 13.8. The minimum atomic E-state index is -2.45. The third-order valence-electron chi connectivity index (χ3n) is 11.8. The van der Waals surface area contributed by atoms with Crippen LogP contribution in [-0.2, 0) is 24.4 Å². The van der Waals surface area contributed by atoms with Crippen molar-refractivity contribution in [3.63, 3.8) is 0 Å². The number of rotatable bonds is 12. The Labute approximate surface area is 314 Å². The molecule has 0 amide bonds. The monoisotopic (exact) mass is 768 g/mol. The van der Waals surface area contributed by atoms with E-state index < -0.39 is 60.7 Å². The molecular weight excluding hydrogens is 705 g/mol. The van der Waals surface area contributed by atoms with Gasteiger partial charge in [-0.15, -0.1) is 0 Å². The molecule has 0 aliphatic carbocycles. The van der Waals surface area contributed by atoms with Crippen LogP contribution in [-0.4, -0.2) is 59.4 Å². The molecule has 0 unspecified atom stereocenters. The molecule has 1 saturated heterocycles. The van der Waals surface area contributed by atoms with E-state index in [-0.39, 0.29) is 21.5 Å². The molecule has 9 nitrogen and oxygen atoms in total. The summed E-state index contributed by atoms with van der Waals surface area (Å²) in [5, 5.41) is -0.215. The molecule has 0 saturated carbocycles. The van der Waals surface area contributed by atoms with Gasteiger partial charge in [-0.1, -0.05) is 92.6 Å². The van der Waals surface area contributed by atoms with Gasteiger partial charge in [0.25, 0.3) is 5.56 Å². The zero-order valence-electron chi connectivity index (χ0n) is 34.3. The van der Waals surface area contributed by atoms with Crippen LogP contribution >= 0.6 is 0 Å². The smallest absolute Gasteiger partial charge is 0.330 e. The topological polar surface area (TPSA) is 101 Å². The highest BCUT2D eigenvalue weighted by Crippen LogP contribution is 2.46. The zero-order chi connectivity index (χ0) is 39.1. The lowest BCUT2D eigenvalue weighted by Gasteiger charge is -2.44. The average molecular weight is 769 g/mol. The van der Waals surface area contributed by atoms with Crippen molar-refractivity contribution in [1.82, 2.24) is 9.55 Å². The van der Waals surface area contributed by atoms with E-state index >= 15 is 0 Å². The van der Waals surface area contributed by atoms with Gasteiger partial charge in [0.1, 0.15) is 29.8 Å². The first-order valence-corrected chi connectivity index (χ1v) is 27.3. The summed E-state index contributed by atoms with van der Waals surface area (Å²) in [5.41, 5.74) is 0.294. The first kappa shape index (κ1) is 42.2. The SMILES string of the molecule is CC(C)(C)[Si](C)(C)OC[C@H]1O[C@@H](n2cc(Cc3cccc(Oc4ccccc4)c3)c(=O)[nH]c2=O)[C@H](O[Si](C)(C)C(C)(C)C)[C@@H]1O[Si](C)(C)C(C)(C)C. The molecule has 3 aromatic rings. The van der Waals surface area contributed by atoms with Crippen LogP contribution in [0.5, 0.6) is 11.5 Å². The van der Waals surface area contributed by atoms with Crippen LogP contribution in [0.15, 0.2) is 70.4 Å². The first-order chi connectivity index (χ1) is 23.7.